The van der Waals surface area contributed by atoms with Gasteiger partial charge in [-0.05, 0) is 55.3 Å². The Morgan fingerprint density at radius 2 is 1.59 bits per heavy atom. The molecule has 0 aromatic heterocycles. The van der Waals surface area contributed by atoms with E-state index in [1.807, 2.05) is 43.3 Å². The van der Waals surface area contributed by atoms with Gasteiger partial charge in [0.25, 0.3) is 5.91 Å². The summed E-state index contributed by atoms with van der Waals surface area (Å²) in [6, 6.07) is 14.7. The van der Waals surface area contributed by atoms with E-state index in [9.17, 15) is 9.59 Å². The second-order valence-corrected chi connectivity index (χ2v) is 8.50. The molecule has 2 aromatic carbocycles. The molecule has 3 saturated heterocycles. The van der Waals surface area contributed by atoms with Crippen LogP contribution >= 0.6 is 15.9 Å². The van der Waals surface area contributed by atoms with Crippen molar-refractivity contribution in [3.8, 4) is 5.75 Å². The van der Waals surface area contributed by atoms with Crippen LogP contribution in [-0.4, -0.2) is 47.6 Å². The minimum atomic E-state index is -0.426. The number of rotatable bonds is 4. The molecule has 29 heavy (non-hydrogen) atoms. The Kier molecular flexibility index (Phi) is 4.69. The maximum atomic E-state index is 13.5. The Labute approximate surface area is 178 Å². The molecule has 0 spiro atoms. The van der Waals surface area contributed by atoms with E-state index in [-0.39, 0.29) is 17.9 Å². The summed E-state index contributed by atoms with van der Waals surface area (Å²) in [5.41, 5.74) is 1.68. The number of ether oxygens (including phenoxy) is 1. The van der Waals surface area contributed by atoms with Gasteiger partial charge in [0, 0.05) is 17.6 Å². The van der Waals surface area contributed by atoms with Crippen LogP contribution in [-0.2, 0) is 9.59 Å². The fourth-order valence-corrected chi connectivity index (χ4v) is 5.15. The number of anilines is 1. The first-order valence-electron chi connectivity index (χ1n) is 9.99. The summed E-state index contributed by atoms with van der Waals surface area (Å²) >= 11 is 3.48. The molecule has 3 aliphatic heterocycles. The van der Waals surface area contributed by atoms with Crippen LogP contribution in [0.2, 0.25) is 0 Å². The Bertz CT molecular complexity index is 947. The monoisotopic (exact) mass is 455 g/mol. The third-order valence-corrected chi connectivity index (χ3v) is 6.55. The van der Waals surface area contributed by atoms with Crippen molar-refractivity contribution in [2.45, 2.75) is 25.4 Å². The van der Waals surface area contributed by atoms with Gasteiger partial charge in [0.15, 0.2) is 0 Å². The van der Waals surface area contributed by atoms with Crippen LogP contribution in [0.4, 0.5) is 5.69 Å². The van der Waals surface area contributed by atoms with Gasteiger partial charge < -0.3 is 4.74 Å². The zero-order chi connectivity index (χ0) is 20.1. The third kappa shape index (κ3) is 2.91. The predicted octanol–water partition coefficient (Wildman–Crippen LogP) is 3.38. The van der Waals surface area contributed by atoms with Crippen molar-refractivity contribution in [2.24, 2.45) is 5.92 Å². The minimum Gasteiger partial charge on any atom is -0.494 e. The largest absolute Gasteiger partial charge is 0.494 e. The molecule has 0 aliphatic carbocycles. The quantitative estimate of drug-likeness (QED) is 0.661. The number of hydrogen-bond acceptors (Lipinski definition) is 5. The van der Waals surface area contributed by atoms with Gasteiger partial charge in [-0.25, -0.2) is 14.9 Å². The Morgan fingerprint density at radius 3 is 2.24 bits per heavy atom. The highest BCUT2D eigenvalue weighted by Gasteiger charge is 2.62. The Morgan fingerprint density at radius 1 is 0.931 bits per heavy atom. The van der Waals surface area contributed by atoms with Crippen LogP contribution in [0.1, 0.15) is 24.9 Å². The molecule has 0 unspecified atom stereocenters. The molecule has 0 bridgehead atoms. The molecule has 3 aliphatic rings. The third-order valence-electron chi connectivity index (χ3n) is 6.02. The van der Waals surface area contributed by atoms with Gasteiger partial charge in [0.05, 0.1) is 24.3 Å². The summed E-state index contributed by atoms with van der Waals surface area (Å²) in [7, 11) is 0. The lowest BCUT2D eigenvalue weighted by Gasteiger charge is -2.29. The average molecular weight is 456 g/mol. The van der Waals surface area contributed by atoms with Crippen LogP contribution in [0.25, 0.3) is 0 Å². The molecule has 0 saturated carbocycles. The normalized spacial score (nSPS) is 26.8. The lowest BCUT2D eigenvalue weighted by atomic mass is 9.90. The van der Waals surface area contributed by atoms with Crippen molar-refractivity contribution < 1.29 is 14.3 Å². The van der Waals surface area contributed by atoms with Crippen molar-refractivity contribution in [1.82, 2.24) is 10.0 Å². The number of carbonyl (C=O) groups excluding carboxylic acids is 2. The highest BCUT2D eigenvalue weighted by molar-refractivity contribution is 9.10. The molecule has 3 atom stereocenters. The molecule has 3 heterocycles. The highest BCUT2D eigenvalue weighted by Crippen LogP contribution is 2.49. The molecular weight excluding hydrogens is 434 g/mol. The SMILES string of the molecule is CCOc1ccc(N2C(=O)[C@@H]3[C@H](C2=O)N2CCCN2[C@H]3c2ccc(Br)cc2)cc1. The van der Waals surface area contributed by atoms with Gasteiger partial charge >= 0.3 is 0 Å². The lowest BCUT2D eigenvalue weighted by Crippen LogP contribution is -2.44. The number of amides is 2. The van der Waals surface area contributed by atoms with Crippen molar-refractivity contribution in [2.75, 3.05) is 24.6 Å². The van der Waals surface area contributed by atoms with E-state index in [0.717, 1.165) is 35.3 Å². The van der Waals surface area contributed by atoms with Crippen LogP contribution < -0.4 is 9.64 Å². The summed E-state index contributed by atoms with van der Waals surface area (Å²) in [4.78, 5) is 28.2. The van der Waals surface area contributed by atoms with E-state index in [2.05, 4.69) is 25.9 Å². The minimum absolute atomic E-state index is 0.111. The number of carbonyl (C=O) groups is 2. The van der Waals surface area contributed by atoms with Crippen LogP contribution in [0.3, 0.4) is 0 Å². The molecule has 2 amide bonds. The maximum Gasteiger partial charge on any atom is 0.253 e. The number of fused-ring (bicyclic) bond motifs is 3. The fraction of sp³-hybridized carbons (Fsp3) is 0.364. The molecule has 2 aromatic rings. The first-order valence-corrected chi connectivity index (χ1v) is 10.8. The molecule has 3 fully saturated rings. The van der Waals surface area contributed by atoms with E-state index < -0.39 is 12.0 Å². The summed E-state index contributed by atoms with van der Waals surface area (Å²) < 4.78 is 6.48. The standard InChI is InChI=1S/C22H22BrN3O3/c1-2-29-17-10-8-16(9-11-17)26-21(27)18-19(14-4-6-15(23)7-5-14)24-12-3-13-25(24)20(18)22(26)28/h4-11,18-20H,2-3,12-13H2,1H3/t18-,19-,20+/m0/s1. The first-order chi connectivity index (χ1) is 14.1. The molecule has 5 rings (SSSR count). The number of hydrogen-bond donors (Lipinski definition) is 0. The van der Waals surface area contributed by atoms with Gasteiger partial charge in [-0.15, -0.1) is 0 Å². The van der Waals surface area contributed by atoms with Crippen molar-refractivity contribution in [3.05, 3.63) is 58.6 Å². The second kappa shape index (κ2) is 7.23. The van der Waals surface area contributed by atoms with E-state index in [0.29, 0.717) is 12.3 Å². The fourth-order valence-electron chi connectivity index (χ4n) is 4.89. The molecular formula is C22H22BrN3O3. The van der Waals surface area contributed by atoms with Crippen molar-refractivity contribution in [1.29, 1.82) is 0 Å². The van der Waals surface area contributed by atoms with Gasteiger partial charge in [-0.1, -0.05) is 28.1 Å². The van der Waals surface area contributed by atoms with E-state index >= 15 is 0 Å². The first kappa shape index (κ1) is 18.8. The molecule has 7 heteroatoms. The number of benzene rings is 2. The summed E-state index contributed by atoms with van der Waals surface area (Å²) in [5, 5.41) is 4.34. The number of hydrazine groups is 1. The van der Waals surface area contributed by atoms with E-state index in [1.165, 1.54) is 4.90 Å². The van der Waals surface area contributed by atoms with E-state index in [1.54, 1.807) is 12.1 Å². The van der Waals surface area contributed by atoms with Gasteiger partial charge in [0.1, 0.15) is 11.8 Å². The van der Waals surface area contributed by atoms with Crippen LogP contribution in [0, 0.1) is 5.92 Å². The summed E-state index contributed by atoms with van der Waals surface area (Å²) in [5.74, 6) is 0.0895. The number of nitrogens with zero attached hydrogens (tertiary/aromatic N) is 3. The smallest absolute Gasteiger partial charge is 0.253 e. The van der Waals surface area contributed by atoms with Gasteiger partial charge in [-0.3, -0.25) is 9.59 Å². The Balaban J connectivity index is 1.51. The van der Waals surface area contributed by atoms with Crippen LogP contribution in [0.5, 0.6) is 5.75 Å². The van der Waals surface area contributed by atoms with E-state index in [4.69, 9.17) is 4.74 Å². The molecule has 0 radical (unpaired) electrons. The number of imide groups is 1. The summed E-state index contributed by atoms with van der Waals surface area (Å²) in [6.45, 7) is 4.18. The number of halogens is 1. The lowest BCUT2D eigenvalue weighted by molar-refractivity contribution is -0.126. The van der Waals surface area contributed by atoms with Crippen molar-refractivity contribution in [3.63, 3.8) is 0 Å². The second-order valence-electron chi connectivity index (χ2n) is 7.59. The molecule has 0 N–H and O–H groups in total. The Hall–Kier alpha value is -2.22. The topological polar surface area (TPSA) is 53.1 Å². The van der Waals surface area contributed by atoms with Gasteiger partial charge in [0.2, 0.25) is 5.91 Å². The zero-order valence-electron chi connectivity index (χ0n) is 16.1. The van der Waals surface area contributed by atoms with Gasteiger partial charge in [-0.2, -0.15) is 0 Å². The molecule has 150 valence electrons. The molecule has 6 nitrogen and oxygen atoms in total. The average Bonchev–Trinajstić information content (AvgIpc) is 3.36. The van der Waals surface area contributed by atoms with Crippen LogP contribution in [0.15, 0.2) is 53.0 Å². The van der Waals surface area contributed by atoms with Crippen molar-refractivity contribution >= 4 is 33.4 Å². The highest BCUT2D eigenvalue weighted by atomic mass is 79.9. The maximum absolute atomic E-state index is 13.5. The predicted molar refractivity (Wildman–Crippen MR) is 112 cm³/mol. The zero-order valence-corrected chi connectivity index (χ0v) is 17.7. The summed E-state index contributed by atoms with van der Waals surface area (Å²) in [6.07, 6.45) is 1.00.